The molecule has 0 atom stereocenters. The number of phenolic OH excluding ortho intramolecular Hbond substituents is 2. The van der Waals surface area contributed by atoms with E-state index in [1.807, 2.05) is 0 Å². The second-order valence-corrected chi connectivity index (χ2v) is 6.31. The maximum atomic E-state index is 9.67. The van der Waals surface area contributed by atoms with Gasteiger partial charge in [-0.2, -0.15) is 0 Å². The Morgan fingerprint density at radius 2 is 1.17 bits per heavy atom. The molecule has 0 amide bonds. The van der Waals surface area contributed by atoms with E-state index in [0.717, 1.165) is 8.95 Å². The Bertz CT molecular complexity index is 660. The van der Waals surface area contributed by atoms with Gasteiger partial charge in [-0.3, -0.25) is 9.98 Å². The van der Waals surface area contributed by atoms with Gasteiger partial charge in [0.15, 0.2) is 0 Å². The van der Waals surface area contributed by atoms with Crippen molar-refractivity contribution >= 4 is 44.3 Å². The summed E-state index contributed by atoms with van der Waals surface area (Å²) in [6, 6.07) is 10.3. The summed E-state index contributed by atoms with van der Waals surface area (Å²) in [5.74, 6) is 0.379. The number of aromatic hydroxyl groups is 2. The van der Waals surface area contributed by atoms with Crippen molar-refractivity contribution in [2.45, 2.75) is 0 Å². The number of benzene rings is 2. The molecule has 0 fully saturated rings. The standard InChI is InChI=1S/C16H14Br2N2O2.Fe/c17-13-1-3-15(21)11(7-13)9-19-5-6-20-10-12-8-14(18)2-4-16(12)22;/h1-4,7-10,21-22H,5-6H2;. The van der Waals surface area contributed by atoms with Crippen molar-refractivity contribution in [3.8, 4) is 11.5 Å². The molecule has 2 rings (SSSR count). The number of rotatable bonds is 5. The molecule has 0 saturated heterocycles. The first-order chi connectivity index (χ1) is 10.6. The van der Waals surface area contributed by atoms with Crippen molar-refractivity contribution < 1.29 is 27.3 Å². The van der Waals surface area contributed by atoms with Gasteiger partial charge in [-0.1, -0.05) is 31.9 Å². The topological polar surface area (TPSA) is 65.2 Å². The van der Waals surface area contributed by atoms with E-state index in [2.05, 4.69) is 41.8 Å². The number of halogens is 2. The summed E-state index contributed by atoms with van der Waals surface area (Å²) in [6.07, 6.45) is 3.23. The largest absolute Gasteiger partial charge is 0.507 e. The third-order valence-electron chi connectivity index (χ3n) is 2.80. The van der Waals surface area contributed by atoms with Gasteiger partial charge in [0.05, 0.1) is 13.1 Å². The fourth-order valence-electron chi connectivity index (χ4n) is 1.70. The Morgan fingerprint density at radius 3 is 1.57 bits per heavy atom. The van der Waals surface area contributed by atoms with Crippen LogP contribution in [0.4, 0.5) is 0 Å². The summed E-state index contributed by atoms with van der Waals surface area (Å²) in [5.41, 5.74) is 1.31. The van der Waals surface area contributed by atoms with E-state index in [4.69, 9.17) is 0 Å². The molecule has 2 N–H and O–H groups in total. The zero-order chi connectivity index (χ0) is 15.9. The van der Waals surface area contributed by atoms with Crippen LogP contribution in [0.25, 0.3) is 0 Å². The molecule has 0 unspecified atom stereocenters. The minimum absolute atomic E-state index is 0. The zero-order valence-corrected chi connectivity index (χ0v) is 16.2. The molecule has 0 aliphatic carbocycles. The van der Waals surface area contributed by atoms with E-state index in [0.29, 0.717) is 24.2 Å². The van der Waals surface area contributed by atoms with E-state index in [-0.39, 0.29) is 28.6 Å². The summed E-state index contributed by atoms with van der Waals surface area (Å²) < 4.78 is 1.77. The van der Waals surface area contributed by atoms with E-state index in [9.17, 15) is 10.2 Å². The molecular formula is C16H14Br2FeN2O2. The minimum atomic E-state index is 0. The van der Waals surface area contributed by atoms with Crippen LogP contribution in [-0.2, 0) is 17.1 Å². The van der Waals surface area contributed by atoms with Crippen molar-refractivity contribution in [2.75, 3.05) is 13.1 Å². The van der Waals surface area contributed by atoms with Crippen LogP contribution in [-0.4, -0.2) is 35.7 Å². The minimum Gasteiger partial charge on any atom is -0.507 e. The van der Waals surface area contributed by atoms with Crippen molar-refractivity contribution in [2.24, 2.45) is 9.98 Å². The predicted octanol–water partition coefficient (Wildman–Crippen LogP) is 4.16. The summed E-state index contributed by atoms with van der Waals surface area (Å²) in [4.78, 5) is 8.45. The SMILES string of the molecule is Oc1ccc(Br)cc1C=NCCN=Cc1cc(Br)ccc1O.[Fe]. The molecule has 0 spiro atoms. The third-order valence-corrected chi connectivity index (χ3v) is 3.78. The van der Waals surface area contributed by atoms with Gasteiger partial charge in [-0.05, 0) is 36.4 Å². The first-order valence-corrected chi connectivity index (χ1v) is 8.11. The molecular weight excluding hydrogens is 468 g/mol. The van der Waals surface area contributed by atoms with Gasteiger partial charge in [0.2, 0.25) is 0 Å². The number of hydrogen-bond donors (Lipinski definition) is 2. The van der Waals surface area contributed by atoms with Crippen molar-refractivity contribution in [1.29, 1.82) is 0 Å². The molecule has 7 heteroatoms. The summed E-state index contributed by atoms with van der Waals surface area (Å²) >= 11 is 6.69. The molecule has 0 saturated carbocycles. The van der Waals surface area contributed by atoms with Gasteiger partial charge in [0.1, 0.15) is 11.5 Å². The van der Waals surface area contributed by atoms with E-state index < -0.39 is 0 Å². The summed E-state index contributed by atoms with van der Waals surface area (Å²) in [7, 11) is 0. The second-order valence-electron chi connectivity index (χ2n) is 4.48. The molecule has 0 aliphatic heterocycles. The van der Waals surface area contributed by atoms with Crippen molar-refractivity contribution in [3.63, 3.8) is 0 Å². The quantitative estimate of drug-likeness (QED) is 0.382. The smallest absolute Gasteiger partial charge is 0.124 e. The zero-order valence-electron chi connectivity index (χ0n) is 11.9. The summed E-state index contributed by atoms with van der Waals surface area (Å²) in [6.45, 7) is 0.994. The normalized spacial score (nSPS) is 11.0. The second kappa shape index (κ2) is 9.88. The number of hydrogen-bond acceptors (Lipinski definition) is 4. The van der Waals surface area contributed by atoms with E-state index >= 15 is 0 Å². The monoisotopic (exact) mass is 480 g/mol. The molecule has 0 aliphatic rings. The Hall–Kier alpha value is -1.14. The number of phenols is 2. The molecule has 0 bridgehead atoms. The molecule has 4 nitrogen and oxygen atoms in total. The maximum Gasteiger partial charge on any atom is 0.124 e. The number of nitrogens with zero attached hydrogens (tertiary/aromatic N) is 2. The predicted molar refractivity (Wildman–Crippen MR) is 96.5 cm³/mol. The first kappa shape index (κ1) is 19.9. The maximum absolute atomic E-state index is 9.67. The number of aliphatic imine (C=N–C) groups is 2. The van der Waals surface area contributed by atoms with Gasteiger partial charge in [-0.25, -0.2) is 0 Å². The van der Waals surface area contributed by atoms with Gasteiger partial charge >= 0.3 is 0 Å². The van der Waals surface area contributed by atoms with Crippen molar-refractivity contribution in [1.82, 2.24) is 0 Å². The molecule has 2 aromatic carbocycles. The molecule has 2 aromatic rings. The van der Waals surface area contributed by atoms with Crippen molar-refractivity contribution in [3.05, 3.63) is 56.5 Å². The van der Waals surface area contributed by atoms with Gasteiger partial charge in [0.25, 0.3) is 0 Å². The third kappa shape index (κ3) is 6.47. The van der Waals surface area contributed by atoms with Crippen LogP contribution >= 0.6 is 31.9 Å². The summed E-state index contributed by atoms with van der Waals surface area (Å²) in [5, 5.41) is 19.3. The van der Waals surface area contributed by atoms with Crippen LogP contribution < -0.4 is 0 Å². The molecule has 23 heavy (non-hydrogen) atoms. The van der Waals surface area contributed by atoms with E-state index in [1.54, 1.807) is 48.8 Å². The van der Waals surface area contributed by atoms with Crippen LogP contribution in [0.1, 0.15) is 11.1 Å². The van der Waals surface area contributed by atoms with Crippen LogP contribution in [0.5, 0.6) is 11.5 Å². The molecule has 122 valence electrons. The molecule has 0 aromatic heterocycles. The fourth-order valence-corrected chi connectivity index (χ4v) is 2.46. The average molecular weight is 482 g/mol. The van der Waals surface area contributed by atoms with Crippen LogP contribution in [0.3, 0.4) is 0 Å². The Labute approximate surface area is 162 Å². The Morgan fingerprint density at radius 1 is 0.783 bits per heavy atom. The van der Waals surface area contributed by atoms with Gasteiger partial charge in [-0.15, -0.1) is 0 Å². The fraction of sp³-hybridized carbons (Fsp3) is 0.125. The van der Waals surface area contributed by atoms with Crippen LogP contribution in [0.15, 0.2) is 55.3 Å². The van der Waals surface area contributed by atoms with E-state index in [1.165, 1.54) is 0 Å². The van der Waals surface area contributed by atoms with Gasteiger partial charge < -0.3 is 10.2 Å². The Balaban J connectivity index is 0.00000264. The van der Waals surface area contributed by atoms with Gasteiger partial charge in [0, 0.05) is 49.6 Å². The molecule has 0 radical (unpaired) electrons. The first-order valence-electron chi connectivity index (χ1n) is 6.53. The Kier molecular flexibility index (Phi) is 8.55. The molecule has 0 heterocycles. The average Bonchev–Trinajstić information content (AvgIpc) is 2.49. The van der Waals surface area contributed by atoms with Crippen LogP contribution in [0, 0.1) is 0 Å². The van der Waals surface area contributed by atoms with Crippen LogP contribution in [0.2, 0.25) is 0 Å².